The third-order valence-electron chi connectivity index (χ3n) is 3.51. The minimum absolute atomic E-state index is 0.0672. The highest BCUT2D eigenvalue weighted by atomic mass is 32.1. The Bertz CT molecular complexity index is 465. The van der Waals surface area contributed by atoms with Crippen LogP contribution in [0.5, 0.6) is 0 Å². The summed E-state index contributed by atoms with van der Waals surface area (Å²) in [5.41, 5.74) is 2.60. The molecular weight excluding hydrogens is 272 g/mol. The van der Waals surface area contributed by atoms with Crippen LogP contribution in [-0.2, 0) is 16.0 Å². The molecule has 1 aliphatic rings. The van der Waals surface area contributed by atoms with Crippen molar-refractivity contribution in [1.29, 1.82) is 0 Å². The number of hydrogen-bond donors (Lipinski definition) is 0. The molecule has 5 heteroatoms. The Kier molecular flexibility index (Phi) is 4.81. The van der Waals surface area contributed by atoms with Gasteiger partial charge in [-0.1, -0.05) is 0 Å². The first-order valence-corrected chi connectivity index (χ1v) is 8.10. The number of aromatic nitrogens is 1. The molecule has 1 saturated heterocycles. The zero-order valence-corrected chi connectivity index (χ0v) is 13.6. The van der Waals surface area contributed by atoms with Crippen molar-refractivity contribution in [3.8, 4) is 0 Å². The standard InChI is InChI=1S/C15H24N2O2S/c1-11-13(20-10-16-11)7-9-17-8-5-6-12(17)14(18)19-15(2,3)4/h10,12H,5-9H2,1-4H3/t12-/m0/s1. The van der Waals surface area contributed by atoms with Crippen molar-refractivity contribution in [1.82, 2.24) is 9.88 Å². The van der Waals surface area contributed by atoms with Gasteiger partial charge in [0.2, 0.25) is 0 Å². The average Bonchev–Trinajstić information content (AvgIpc) is 2.92. The Morgan fingerprint density at radius 2 is 2.30 bits per heavy atom. The van der Waals surface area contributed by atoms with Gasteiger partial charge < -0.3 is 4.74 Å². The topological polar surface area (TPSA) is 42.4 Å². The van der Waals surface area contributed by atoms with Crippen LogP contribution in [0, 0.1) is 6.92 Å². The van der Waals surface area contributed by atoms with E-state index in [0.717, 1.165) is 38.0 Å². The van der Waals surface area contributed by atoms with Crippen molar-refractivity contribution in [3.63, 3.8) is 0 Å². The van der Waals surface area contributed by atoms with Gasteiger partial charge in [-0.05, 0) is 53.5 Å². The van der Waals surface area contributed by atoms with Gasteiger partial charge in [-0.15, -0.1) is 11.3 Å². The maximum absolute atomic E-state index is 12.2. The number of esters is 1. The van der Waals surface area contributed by atoms with Crippen LogP contribution in [0.3, 0.4) is 0 Å². The number of rotatable bonds is 4. The van der Waals surface area contributed by atoms with Crippen molar-refractivity contribution >= 4 is 17.3 Å². The molecule has 1 fully saturated rings. The molecule has 0 radical (unpaired) electrons. The number of ether oxygens (including phenoxy) is 1. The first-order chi connectivity index (χ1) is 9.37. The summed E-state index contributed by atoms with van der Waals surface area (Å²) < 4.78 is 5.52. The summed E-state index contributed by atoms with van der Waals surface area (Å²) in [5.74, 6) is -0.0731. The summed E-state index contributed by atoms with van der Waals surface area (Å²) in [7, 11) is 0. The Morgan fingerprint density at radius 1 is 1.55 bits per heavy atom. The zero-order valence-electron chi connectivity index (χ0n) is 12.8. The highest BCUT2D eigenvalue weighted by Gasteiger charge is 2.33. The number of thiazole rings is 1. The molecule has 1 aliphatic heterocycles. The molecule has 0 unspecified atom stereocenters. The van der Waals surface area contributed by atoms with Crippen molar-refractivity contribution in [3.05, 3.63) is 16.1 Å². The second-order valence-corrected chi connectivity index (χ2v) is 7.28. The molecule has 0 aromatic carbocycles. The van der Waals surface area contributed by atoms with Gasteiger partial charge >= 0.3 is 5.97 Å². The van der Waals surface area contributed by atoms with E-state index in [2.05, 4.69) is 9.88 Å². The predicted octanol–water partition coefficient (Wildman–Crippen LogP) is 2.80. The molecule has 2 rings (SSSR count). The first-order valence-electron chi connectivity index (χ1n) is 7.23. The van der Waals surface area contributed by atoms with Crippen molar-refractivity contribution in [2.45, 2.75) is 58.6 Å². The summed E-state index contributed by atoms with van der Waals surface area (Å²) >= 11 is 1.70. The van der Waals surface area contributed by atoms with Gasteiger partial charge in [0.25, 0.3) is 0 Å². The van der Waals surface area contributed by atoms with E-state index in [9.17, 15) is 4.79 Å². The molecule has 20 heavy (non-hydrogen) atoms. The molecule has 1 aromatic rings. The molecule has 1 aromatic heterocycles. The van der Waals surface area contributed by atoms with Crippen LogP contribution in [0.1, 0.15) is 44.2 Å². The van der Waals surface area contributed by atoms with Gasteiger partial charge in [-0.2, -0.15) is 0 Å². The van der Waals surface area contributed by atoms with Gasteiger partial charge in [-0.3, -0.25) is 9.69 Å². The van der Waals surface area contributed by atoms with E-state index in [-0.39, 0.29) is 12.0 Å². The minimum Gasteiger partial charge on any atom is -0.459 e. The lowest BCUT2D eigenvalue weighted by Crippen LogP contribution is -2.41. The van der Waals surface area contributed by atoms with E-state index in [1.54, 1.807) is 11.3 Å². The number of likely N-dealkylation sites (tertiary alicyclic amines) is 1. The molecule has 1 atom stereocenters. The maximum Gasteiger partial charge on any atom is 0.323 e. The fourth-order valence-electron chi connectivity index (χ4n) is 2.54. The second kappa shape index (κ2) is 6.22. The average molecular weight is 296 g/mol. The van der Waals surface area contributed by atoms with Gasteiger partial charge in [0.05, 0.1) is 11.2 Å². The van der Waals surface area contributed by atoms with Crippen LogP contribution in [0.15, 0.2) is 5.51 Å². The molecule has 2 heterocycles. The molecule has 4 nitrogen and oxygen atoms in total. The van der Waals surface area contributed by atoms with Gasteiger partial charge in [0.15, 0.2) is 0 Å². The van der Waals surface area contributed by atoms with E-state index >= 15 is 0 Å². The second-order valence-electron chi connectivity index (χ2n) is 6.34. The zero-order chi connectivity index (χ0) is 14.8. The Hall–Kier alpha value is -0.940. The smallest absolute Gasteiger partial charge is 0.323 e. The number of hydrogen-bond acceptors (Lipinski definition) is 5. The lowest BCUT2D eigenvalue weighted by Gasteiger charge is -2.27. The largest absolute Gasteiger partial charge is 0.459 e. The third-order valence-corrected chi connectivity index (χ3v) is 4.51. The van der Waals surface area contributed by atoms with Crippen LogP contribution >= 0.6 is 11.3 Å². The fourth-order valence-corrected chi connectivity index (χ4v) is 3.31. The summed E-state index contributed by atoms with van der Waals surface area (Å²) in [5, 5.41) is 0. The van der Waals surface area contributed by atoms with Crippen molar-refractivity contribution in [2.75, 3.05) is 13.1 Å². The van der Waals surface area contributed by atoms with E-state index in [1.165, 1.54) is 4.88 Å². The third kappa shape index (κ3) is 4.03. The summed E-state index contributed by atoms with van der Waals surface area (Å²) in [6, 6.07) is -0.0672. The molecule has 0 saturated carbocycles. The van der Waals surface area contributed by atoms with Crippen LogP contribution in [-0.4, -0.2) is 40.6 Å². The lowest BCUT2D eigenvalue weighted by molar-refractivity contribution is -0.160. The van der Waals surface area contributed by atoms with Crippen molar-refractivity contribution < 1.29 is 9.53 Å². The van der Waals surface area contributed by atoms with Crippen LogP contribution in [0.4, 0.5) is 0 Å². The van der Waals surface area contributed by atoms with Gasteiger partial charge in [-0.25, -0.2) is 4.98 Å². The summed E-state index contributed by atoms with van der Waals surface area (Å²) in [6.45, 7) is 9.70. The number of aryl methyl sites for hydroxylation is 1. The summed E-state index contributed by atoms with van der Waals surface area (Å²) in [4.78, 5) is 20.1. The van der Waals surface area contributed by atoms with Crippen LogP contribution < -0.4 is 0 Å². The quantitative estimate of drug-likeness (QED) is 0.801. The molecule has 0 bridgehead atoms. The molecule has 0 spiro atoms. The number of carbonyl (C=O) groups excluding carboxylic acids is 1. The highest BCUT2D eigenvalue weighted by molar-refractivity contribution is 7.09. The lowest BCUT2D eigenvalue weighted by atomic mass is 10.1. The monoisotopic (exact) mass is 296 g/mol. The highest BCUT2D eigenvalue weighted by Crippen LogP contribution is 2.22. The Labute approximate surface area is 125 Å². The van der Waals surface area contributed by atoms with Gasteiger partial charge in [0, 0.05) is 11.4 Å². The molecule has 0 aliphatic carbocycles. The molecular formula is C15H24N2O2S. The fraction of sp³-hybridized carbons (Fsp3) is 0.733. The SMILES string of the molecule is Cc1ncsc1CCN1CCC[C@H]1C(=O)OC(C)(C)C. The predicted molar refractivity (Wildman–Crippen MR) is 81.0 cm³/mol. The number of carbonyl (C=O) groups is 1. The van der Waals surface area contributed by atoms with E-state index < -0.39 is 5.60 Å². The number of nitrogens with zero attached hydrogens (tertiary/aromatic N) is 2. The summed E-state index contributed by atoms with van der Waals surface area (Å²) in [6.07, 6.45) is 2.96. The molecule has 0 N–H and O–H groups in total. The van der Waals surface area contributed by atoms with E-state index in [0.29, 0.717) is 0 Å². The van der Waals surface area contributed by atoms with E-state index in [4.69, 9.17) is 4.74 Å². The van der Waals surface area contributed by atoms with Crippen molar-refractivity contribution in [2.24, 2.45) is 0 Å². The van der Waals surface area contributed by atoms with Gasteiger partial charge in [0.1, 0.15) is 11.6 Å². The Morgan fingerprint density at radius 3 is 2.90 bits per heavy atom. The maximum atomic E-state index is 12.2. The van der Waals surface area contributed by atoms with E-state index in [1.807, 2.05) is 33.2 Å². The van der Waals surface area contributed by atoms with Crippen LogP contribution in [0.25, 0.3) is 0 Å². The first kappa shape index (κ1) is 15.4. The normalized spacial score (nSPS) is 20.3. The molecule has 0 amide bonds. The molecule has 112 valence electrons. The minimum atomic E-state index is -0.403. The Balaban J connectivity index is 1.91. The van der Waals surface area contributed by atoms with Crippen LogP contribution in [0.2, 0.25) is 0 Å².